The Morgan fingerprint density at radius 3 is 2.68 bits per heavy atom. The molecular weight excluding hydrogens is 350 g/mol. The molecule has 0 aliphatic carbocycles. The van der Waals surface area contributed by atoms with Crippen molar-refractivity contribution in [3.8, 4) is 5.75 Å². The molecule has 0 radical (unpaired) electrons. The summed E-state index contributed by atoms with van der Waals surface area (Å²) in [6.45, 7) is 5.31. The number of carbonyl (C=O) groups excluding carboxylic acids is 1. The quantitative estimate of drug-likeness (QED) is 0.650. The first kappa shape index (κ1) is 19.7. The molecule has 0 atom stereocenters. The molecule has 0 saturated heterocycles. The number of aromatic nitrogens is 2. The lowest BCUT2D eigenvalue weighted by Crippen LogP contribution is -2.26. The van der Waals surface area contributed by atoms with Crippen molar-refractivity contribution in [2.45, 2.75) is 33.2 Å². The van der Waals surface area contributed by atoms with Crippen LogP contribution in [0.1, 0.15) is 39.7 Å². The van der Waals surface area contributed by atoms with Gasteiger partial charge in [0, 0.05) is 6.54 Å². The fourth-order valence-electron chi connectivity index (χ4n) is 3.37. The molecule has 2 aromatic carbocycles. The Morgan fingerprint density at radius 1 is 1.18 bits per heavy atom. The van der Waals surface area contributed by atoms with Crippen molar-refractivity contribution in [1.29, 1.82) is 0 Å². The van der Waals surface area contributed by atoms with Crippen molar-refractivity contribution in [1.82, 2.24) is 15.1 Å². The highest BCUT2D eigenvalue weighted by atomic mass is 16.5. The minimum Gasteiger partial charge on any atom is -0.496 e. The molecule has 0 saturated carbocycles. The zero-order chi connectivity index (χ0) is 19.9. The lowest BCUT2D eigenvalue weighted by atomic mass is 10.1. The van der Waals surface area contributed by atoms with Crippen LogP contribution < -0.4 is 10.1 Å². The highest BCUT2D eigenvalue weighted by Crippen LogP contribution is 2.20. The third-order valence-corrected chi connectivity index (χ3v) is 4.82. The van der Waals surface area contributed by atoms with Crippen molar-refractivity contribution < 1.29 is 9.53 Å². The molecule has 1 amide bonds. The number of methoxy groups -OCH3 is 1. The molecule has 1 N–H and O–H groups in total. The van der Waals surface area contributed by atoms with Crippen LogP contribution in [0.2, 0.25) is 0 Å². The Kier molecular flexibility index (Phi) is 6.48. The lowest BCUT2D eigenvalue weighted by Gasteiger charge is -2.11. The van der Waals surface area contributed by atoms with Gasteiger partial charge in [0.25, 0.3) is 5.91 Å². The first-order valence-electron chi connectivity index (χ1n) is 9.62. The maximum atomic E-state index is 12.7. The normalized spacial score (nSPS) is 10.7. The number of benzene rings is 2. The van der Waals surface area contributed by atoms with Crippen LogP contribution in [0.5, 0.6) is 5.75 Å². The van der Waals surface area contributed by atoms with Gasteiger partial charge in [-0.1, -0.05) is 55.0 Å². The smallest absolute Gasteiger partial charge is 0.254 e. The molecule has 1 heterocycles. The predicted octanol–water partition coefficient (Wildman–Crippen LogP) is 3.78. The van der Waals surface area contributed by atoms with E-state index in [1.807, 2.05) is 41.9 Å². The molecule has 3 rings (SSSR count). The van der Waals surface area contributed by atoms with Gasteiger partial charge in [-0.25, -0.2) is 0 Å². The van der Waals surface area contributed by atoms with E-state index >= 15 is 0 Å². The van der Waals surface area contributed by atoms with Crippen LogP contribution in [-0.2, 0) is 19.4 Å². The largest absolute Gasteiger partial charge is 0.496 e. The van der Waals surface area contributed by atoms with Gasteiger partial charge in [0.05, 0.1) is 31.1 Å². The van der Waals surface area contributed by atoms with Crippen molar-refractivity contribution in [2.75, 3.05) is 13.7 Å². The van der Waals surface area contributed by atoms with E-state index in [1.165, 1.54) is 11.1 Å². The molecule has 28 heavy (non-hydrogen) atoms. The maximum Gasteiger partial charge on any atom is 0.254 e. The number of rotatable bonds is 8. The number of nitrogens with zero attached hydrogens (tertiary/aromatic N) is 2. The average molecular weight is 377 g/mol. The monoisotopic (exact) mass is 377 g/mol. The standard InChI is InChI=1S/C23H27N3O2/c1-4-21-20(15-25-26(21)16-18-8-6-5-7-9-18)23(27)24-13-12-19-14-17(2)10-11-22(19)28-3/h5-11,14-15H,4,12-13,16H2,1-3H3,(H,24,27). The fourth-order valence-corrected chi connectivity index (χ4v) is 3.37. The van der Waals surface area contributed by atoms with Crippen molar-refractivity contribution in [3.63, 3.8) is 0 Å². The van der Waals surface area contributed by atoms with Crippen molar-refractivity contribution >= 4 is 5.91 Å². The summed E-state index contributed by atoms with van der Waals surface area (Å²) < 4.78 is 7.32. The predicted molar refractivity (Wildman–Crippen MR) is 111 cm³/mol. The van der Waals surface area contributed by atoms with Crippen LogP contribution in [0.25, 0.3) is 0 Å². The Labute approximate surface area is 166 Å². The van der Waals surface area contributed by atoms with Crippen LogP contribution in [0.4, 0.5) is 0 Å². The molecule has 0 aliphatic rings. The van der Waals surface area contributed by atoms with Gasteiger partial charge in [0.1, 0.15) is 5.75 Å². The number of ether oxygens (including phenoxy) is 1. The van der Waals surface area contributed by atoms with Crippen LogP contribution in [-0.4, -0.2) is 29.3 Å². The highest BCUT2D eigenvalue weighted by molar-refractivity contribution is 5.95. The summed E-state index contributed by atoms with van der Waals surface area (Å²) in [5.41, 5.74) is 5.04. The summed E-state index contributed by atoms with van der Waals surface area (Å²) in [4.78, 5) is 12.7. The number of aryl methyl sites for hydroxylation is 1. The van der Waals surface area contributed by atoms with Gasteiger partial charge in [0.15, 0.2) is 0 Å². The van der Waals surface area contributed by atoms with Crippen LogP contribution in [0, 0.1) is 6.92 Å². The summed E-state index contributed by atoms with van der Waals surface area (Å²) in [6.07, 6.45) is 3.14. The van der Waals surface area contributed by atoms with E-state index in [0.29, 0.717) is 18.7 Å². The molecule has 5 nitrogen and oxygen atoms in total. The molecule has 3 aromatic rings. The van der Waals surface area contributed by atoms with Crippen molar-refractivity contribution in [2.24, 2.45) is 0 Å². The second-order valence-corrected chi connectivity index (χ2v) is 6.82. The second kappa shape index (κ2) is 9.22. The fraction of sp³-hybridized carbons (Fsp3) is 0.304. The lowest BCUT2D eigenvalue weighted by molar-refractivity contribution is 0.0953. The number of nitrogens with one attached hydrogen (secondary N) is 1. The summed E-state index contributed by atoms with van der Waals surface area (Å²) in [7, 11) is 1.67. The molecular formula is C23H27N3O2. The third kappa shape index (κ3) is 4.60. The molecule has 0 unspecified atom stereocenters. The van der Waals surface area contributed by atoms with Gasteiger partial charge in [-0.15, -0.1) is 0 Å². The molecule has 146 valence electrons. The van der Waals surface area contributed by atoms with E-state index in [9.17, 15) is 4.79 Å². The highest BCUT2D eigenvalue weighted by Gasteiger charge is 2.16. The van der Waals surface area contributed by atoms with E-state index in [4.69, 9.17) is 4.74 Å². The van der Waals surface area contributed by atoms with Gasteiger partial charge in [-0.05, 0) is 37.0 Å². The zero-order valence-electron chi connectivity index (χ0n) is 16.7. The molecule has 1 aromatic heterocycles. The SMILES string of the molecule is CCc1c(C(=O)NCCc2cc(C)ccc2OC)cnn1Cc1ccccc1. The Hall–Kier alpha value is -3.08. The zero-order valence-corrected chi connectivity index (χ0v) is 16.7. The first-order valence-corrected chi connectivity index (χ1v) is 9.62. The number of hydrogen-bond acceptors (Lipinski definition) is 3. The minimum atomic E-state index is -0.0808. The summed E-state index contributed by atoms with van der Waals surface area (Å²) in [5.74, 6) is 0.771. The number of carbonyl (C=O) groups is 1. The van der Waals surface area contributed by atoms with E-state index in [0.717, 1.165) is 29.8 Å². The topological polar surface area (TPSA) is 56.1 Å². The average Bonchev–Trinajstić information content (AvgIpc) is 3.11. The number of amides is 1. The summed E-state index contributed by atoms with van der Waals surface area (Å²) in [5, 5.41) is 7.47. The Bertz CT molecular complexity index is 932. The second-order valence-electron chi connectivity index (χ2n) is 6.82. The van der Waals surface area contributed by atoms with Crippen molar-refractivity contribution in [3.05, 3.63) is 82.7 Å². The van der Waals surface area contributed by atoms with Gasteiger partial charge in [0.2, 0.25) is 0 Å². The van der Waals surface area contributed by atoms with E-state index in [-0.39, 0.29) is 5.91 Å². The van der Waals surface area contributed by atoms with Crippen LogP contribution >= 0.6 is 0 Å². The van der Waals surface area contributed by atoms with Gasteiger partial charge < -0.3 is 10.1 Å². The van der Waals surface area contributed by atoms with Gasteiger partial charge in [-0.3, -0.25) is 9.48 Å². The van der Waals surface area contributed by atoms with E-state index < -0.39 is 0 Å². The molecule has 5 heteroatoms. The summed E-state index contributed by atoms with van der Waals surface area (Å²) in [6, 6.07) is 16.2. The van der Waals surface area contributed by atoms with Gasteiger partial charge in [-0.2, -0.15) is 5.10 Å². The first-order chi connectivity index (χ1) is 13.6. The van der Waals surface area contributed by atoms with Crippen LogP contribution in [0.15, 0.2) is 54.7 Å². The molecule has 0 bridgehead atoms. The molecule has 0 spiro atoms. The molecule has 0 fully saturated rings. The third-order valence-electron chi connectivity index (χ3n) is 4.82. The maximum absolute atomic E-state index is 12.7. The van der Waals surface area contributed by atoms with Gasteiger partial charge >= 0.3 is 0 Å². The van der Waals surface area contributed by atoms with E-state index in [1.54, 1.807) is 13.3 Å². The summed E-state index contributed by atoms with van der Waals surface area (Å²) >= 11 is 0. The van der Waals surface area contributed by atoms with Crippen LogP contribution in [0.3, 0.4) is 0 Å². The Morgan fingerprint density at radius 2 is 1.96 bits per heavy atom. The number of hydrogen-bond donors (Lipinski definition) is 1. The molecule has 0 aliphatic heterocycles. The minimum absolute atomic E-state index is 0.0808. The Balaban J connectivity index is 1.65. The van der Waals surface area contributed by atoms with E-state index in [2.05, 4.69) is 35.5 Å².